The second-order valence-corrected chi connectivity index (χ2v) is 5.35. The summed E-state index contributed by atoms with van der Waals surface area (Å²) in [6.07, 6.45) is 13.8. The summed E-state index contributed by atoms with van der Waals surface area (Å²) in [5.41, 5.74) is 2.95. The Kier molecular flexibility index (Phi) is 5.17. The van der Waals surface area contributed by atoms with Gasteiger partial charge in [-0.2, -0.15) is 0 Å². The Labute approximate surface area is 138 Å². The molecule has 0 saturated heterocycles. The van der Waals surface area contributed by atoms with E-state index in [1.54, 1.807) is 0 Å². The summed E-state index contributed by atoms with van der Waals surface area (Å²) in [4.78, 5) is 12.6. The van der Waals surface area contributed by atoms with Crippen LogP contribution in [0.1, 0.15) is 36.7 Å². The largest absolute Gasteiger partial charge is 0.334 e. The van der Waals surface area contributed by atoms with Gasteiger partial charge in [-0.05, 0) is 43.5 Å². The van der Waals surface area contributed by atoms with Crippen molar-refractivity contribution in [2.75, 3.05) is 0 Å². The molecular formula is C21H23NO. The fourth-order valence-corrected chi connectivity index (χ4v) is 3.10. The molecule has 1 heterocycles. The highest BCUT2D eigenvalue weighted by Crippen LogP contribution is 2.43. The number of rotatable bonds is 5. The maximum absolute atomic E-state index is 12.6. The van der Waals surface area contributed by atoms with Gasteiger partial charge in [0.2, 0.25) is 0 Å². The molecule has 1 N–H and O–H groups in total. The predicted molar refractivity (Wildman–Crippen MR) is 97.3 cm³/mol. The van der Waals surface area contributed by atoms with Crippen LogP contribution in [0, 0.1) is 0 Å². The van der Waals surface area contributed by atoms with Gasteiger partial charge in [-0.1, -0.05) is 67.3 Å². The van der Waals surface area contributed by atoms with Crippen LogP contribution in [0.2, 0.25) is 0 Å². The molecular weight excluding hydrogens is 282 g/mol. The Balaban J connectivity index is 2.83. The highest BCUT2D eigenvalue weighted by atomic mass is 16.2. The third-order valence-electron chi connectivity index (χ3n) is 4.09. The van der Waals surface area contributed by atoms with Crippen molar-refractivity contribution in [1.29, 1.82) is 0 Å². The highest BCUT2D eigenvalue weighted by molar-refractivity contribution is 6.02. The van der Waals surface area contributed by atoms with Crippen molar-refractivity contribution in [3.8, 4) is 0 Å². The van der Waals surface area contributed by atoms with Crippen LogP contribution in [0.3, 0.4) is 0 Å². The highest BCUT2D eigenvalue weighted by Gasteiger charge is 2.46. The minimum Gasteiger partial charge on any atom is -0.334 e. The van der Waals surface area contributed by atoms with Gasteiger partial charge in [0.1, 0.15) is 5.54 Å². The molecule has 0 saturated carbocycles. The van der Waals surface area contributed by atoms with Crippen LogP contribution in [0.15, 0.2) is 84.5 Å². The fourth-order valence-electron chi connectivity index (χ4n) is 3.10. The van der Waals surface area contributed by atoms with Crippen molar-refractivity contribution in [2.24, 2.45) is 0 Å². The second kappa shape index (κ2) is 7.10. The van der Waals surface area contributed by atoms with Crippen molar-refractivity contribution in [2.45, 2.75) is 26.3 Å². The lowest BCUT2D eigenvalue weighted by Crippen LogP contribution is -2.42. The van der Waals surface area contributed by atoms with Crippen molar-refractivity contribution in [3.63, 3.8) is 0 Å². The van der Waals surface area contributed by atoms with Crippen molar-refractivity contribution < 1.29 is 4.79 Å². The molecule has 2 heteroatoms. The molecule has 0 aromatic heterocycles. The summed E-state index contributed by atoms with van der Waals surface area (Å²) in [5.74, 6) is -0.0577. The number of carbonyl (C=O) groups excluding carboxylic acids is 1. The SMILES string of the molecule is C=C/C(=C\C=C/C)C1(C(/C=C\C)=C/C)NC(=O)c2ccccc21. The van der Waals surface area contributed by atoms with Crippen LogP contribution in [0.25, 0.3) is 0 Å². The minimum atomic E-state index is -0.698. The summed E-state index contributed by atoms with van der Waals surface area (Å²) in [7, 11) is 0. The van der Waals surface area contributed by atoms with E-state index in [9.17, 15) is 4.79 Å². The molecule has 1 atom stereocenters. The first kappa shape index (κ1) is 16.8. The van der Waals surface area contributed by atoms with E-state index in [0.717, 1.165) is 16.7 Å². The third-order valence-corrected chi connectivity index (χ3v) is 4.09. The molecule has 0 fully saturated rings. The molecule has 2 nitrogen and oxygen atoms in total. The average molecular weight is 305 g/mol. The van der Waals surface area contributed by atoms with Gasteiger partial charge in [-0.3, -0.25) is 4.79 Å². The van der Waals surface area contributed by atoms with E-state index in [1.165, 1.54) is 0 Å². The smallest absolute Gasteiger partial charge is 0.252 e. The molecule has 1 aliphatic rings. The maximum atomic E-state index is 12.6. The quantitative estimate of drug-likeness (QED) is 0.775. The summed E-state index contributed by atoms with van der Waals surface area (Å²) in [6, 6.07) is 7.73. The monoisotopic (exact) mass is 305 g/mol. The lowest BCUT2D eigenvalue weighted by atomic mass is 9.76. The Morgan fingerprint density at radius 1 is 1.13 bits per heavy atom. The van der Waals surface area contributed by atoms with Crippen LogP contribution >= 0.6 is 0 Å². The number of benzene rings is 1. The van der Waals surface area contributed by atoms with Gasteiger partial charge in [0, 0.05) is 5.56 Å². The van der Waals surface area contributed by atoms with Crippen LogP contribution in [-0.4, -0.2) is 5.91 Å². The first-order chi connectivity index (χ1) is 11.1. The first-order valence-corrected chi connectivity index (χ1v) is 7.83. The predicted octanol–water partition coefficient (Wildman–Crippen LogP) is 4.84. The van der Waals surface area contributed by atoms with Gasteiger partial charge in [-0.25, -0.2) is 0 Å². The summed E-state index contributed by atoms with van der Waals surface area (Å²) >= 11 is 0. The molecule has 0 aliphatic carbocycles. The Morgan fingerprint density at radius 3 is 2.48 bits per heavy atom. The second-order valence-electron chi connectivity index (χ2n) is 5.35. The zero-order valence-corrected chi connectivity index (χ0v) is 14.0. The topological polar surface area (TPSA) is 29.1 Å². The van der Waals surface area contributed by atoms with E-state index in [0.29, 0.717) is 5.56 Å². The van der Waals surface area contributed by atoms with E-state index in [4.69, 9.17) is 0 Å². The van der Waals surface area contributed by atoms with Crippen molar-refractivity contribution >= 4 is 5.91 Å². The van der Waals surface area contributed by atoms with Crippen LogP contribution in [-0.2, 0) is 5.54 Å². The van der Waals surface area contributed by atoms with Gasteiger partial charge in [0.25, 0.3) is 5.91 Å². The lowest BCUT2D eigenvalue weighted by Gasteiger charge is -2.33. The maximum Gasteiger partial charge on any atom is 0.252 e. The van der Waals surface area contributed by atoms with Crippen LogP contribution in [0.4, 0.5) is 0 Å². The van der Waals surface area contributed by atoms with Gasteiger partial charge >= 0.3 is 0 Å². The summed E-state index contributed by atoms with van der Waals surface area (Å²) in [5, 5.41) is 3.20. The van der Waals surface area contributed by atoms with E-state index < -0.39 is 5.54 Å². The number of hydrogen-bond acceptors (Lipinski definition) is 1. The fraction of sp³-hybridized carbons (Fsp3) is 0.190. The lowest BCUT2D eigenvalue weighted by molar-refractivity contribution is 0.0948. The molecule has 0 bridgehead atoms. The van der Waals surface area contributed by atoms with E-state index in [1.807, 2.05) is 87.6 Å². The Morgan fingerprint density at radius 2 is 1.87 bits per heavy atom. The molecule has 118 valence electrons. The number of nitrogens with one attached hydrogen (secondary N) is 1. The standard InChI is InChI=1S/C21H23NO/c1-5-9-13-17(8-4)21(16(7-3)12-6-2)19-15-11-10-14-18(19)20(23)22-21/h5-15H,4H2,1-3H3,(H,22,23)/b9-5-,12-6-,16-7+,17-13+. The molecule has 0 spiro atoms. The molecule has 2 rings (SSSR count). The van der Waals surface area contributed by atoms with Gasteiger partial charge in [-0.15, -0.1) is 0 Å². The van der Waals surface area contributed by atoms with Gasteiger partial charge in [0.05, 0.1) is 0 Å². The number of fused-ring (bicyclic) bond motifs is 1. The van der Waals surface area contributed by atoms with E-state index in [2.05, 4.69) is 11.9 Å². The number of hydrogen-bond donors (Lipinski definition) is 1. The average Bonchev–Trinajstić information content (AvgIpc) is 2.87. The molecule has 23 heavy (non-hydrogen) atoms. The molecule has 0 radical (unpaired) electrons. The molecule has 1 amide bonds. The minimum absolute atomic E-state index is 0.0577. The first-order valence-electron chi connectivity index (χ1n) is 7.83. The van der Waals surface area contributed by atoms with Crippen LogP contribution < -0.4 is 5.32 Å². The molecule has 1 aliphatic heterocycles. The van der Waals surface area contributed by atoms with Gasteiger partial charge in [0.15, 0.2) is 0 Å². The van der Waals surface area contributed by atoms with Crippen LogP contribution in [0.5, 0.6) is 0 Å². The molecule has 1 aromatic carbocycles. The van der Waals surface area contributed by atoms with E-state index >= 15 is 0 Å². The number of allylic oxidation sites excluding steroid dienone is 5. The van der Waals surface area contributed by atoms with Crippen molar-refractivity contribution in [3.05, 3.63) is 95.6 Å². The third kappa shape index (κ3) is 2.72. The Bertz CT molecular complexity index is 734. The van der Waals surface area contributed by atoms with E-state index in [-0.39, 0.29) is 5.91 Å². The van der Waals surface area contributed by atoms with Crippen molar-refractivity contribution in [1.82, 2.24) is 5.32 Å². The molecule has 1 unspecified atom stereocenters. The Hall–Kier alpha value is -2.61. The zero-order chi connectivity index (χ0) is 16.9. The normalized spacial score (nSPS) is 21.8. The molecule has 1 aromatic rings. The number of amides is 1. The summed E-state index contributed by atoms with van der Waals surface area (Å²) < 4.78 is 0. The number of carbonyl (C=O) groups is 1. The summed E-state index contributed by atoms with van der Waals surface area (Å²) in [6.45, 7) is 9.90. The van der Waals surface area contributed by atoms with Gasteiger partial charge < -0.3 is 5.32 Å². The zero-order valence-electron chi connectivity index (χ0n) is 14.0.